The molecule has 0 bridgehead atoms. The molecule has 0 saturated carbocycles. The monoisotopic (exact) mass is 395 g/mol. The molecule has 4 aromatic rings. The number of aromatic amines is 1. The molecule has 8 nitrogen and oxygen atoms in total. The van der Waals surface area contributed by atoms with Crippen LogP contribution in [-0.2, 0) is 18.3 Å². The van der Waals surface area contributed by atoms with Crippen molar-refractivity contribution >= 4 is 16.9 Å². The first-order chi connectivity index (χ1) is 13.9. The van der Waals surface area contributed by atoms with Crippen LogP contribution in [0.1, 0.15) is 25.8 Å². The van der Waals surface area contributed by atoms with Crippen molar-refractivity contribution in [3.05, 3.63) is 56.9 Å². The molecule has 8 heteroatoms. The summed E-state index contributed by atoms with van der Waals surface area (Å²) in [5.74, 6) is 0.631. The predicted molar refractivity (Wildman–Crippen MR) is 112 cm³/mol. The number of hydrogen-bond donors (Lipinski definition) is 1. The van der Waals surface area contributed by atoms with E-state index in [1.807, 2.05) is 27.0 Å². The van der Waals surface area contributed by atoms with Gasteiger partial charge < -0.3 is 9.30 Å². The van der Waals surface area contributed by atoms with Gasteiger partial charge in [-0.15, -0.1) is 0 Å². The molecule has 0 radical (unpaired) electrons. The van der Waals surface area contributed by atoms with Gasteiger partial charge in [-0.05, 0) is 32.8 Å². The van der Waals surface area contributed by atoms with Crippen molar-refractivity contribution in [2.24, 2.45) is 7.05 Å². The van der Waals surface area contributed by atoms with Gasteiger partial charge in [0.15, 0.2) is 11.2 Å². The zero-order valence-electron chi connectivity index (χ0n) is 17.1. The lowest BCUT2D eigenvalue weighted by molar-refractivity contribution is 0.0750. The van der Waals surface area contributed by atoms with Crippen molar-refractivity contribution in [2.75, 3.05) is 6.61 Å². The lowest BCUT2D eigenvalue weighted by atomic mass is 10.1. The molecular weight excluding hydrogens is 370 g/mol. The summed E-state index contributed by atoms with van der Waals surface area (Å²) in [6.07, 6.45) is 2.90. The maximum absolute atomic E-state index is 12.5. The van der Waals surface area contributed by atoms with E-state index >= 15 is 0 Å². The van der Waals surface area contributed by atoms with Crippen molar-refractivity contribution < 1.29 is 4.74 Å². The average molecular weight is 395 g/mol. The topological polar surface area (TPSA) is 86.3 Å². The number of nitrogens with zero attached hydrogens (tertiary/aromatic N) is 4. The Morgan fingerprint density at radius 2 is 1.90 bits per heavy atom. The van der Waals surface area contributed by atoms with Crippen LogP contribution >= 0.6 is 0 Å². The third kappa shape index (κ3) is 3.40. The summed E-state index contributed by atoms with van der Waals surface area (Å²) in [5.41, 5.74) is 3.01. The van der Waals surface area contributed by atoms with Crippen molar-refractivity contribution in [3.63, 3.8) is 0 Å². The molecular formula is C21H25N5O3. The maximum atomic E-state index is 12.5. The van der Waals surface area contributed by atoms with Gasteiger partial charge in [0.05, 0.1) is 11.8 Å². The molecule has 0 aliphatic heterocycles. The van der Waals surface area contributed by atoms with E-state index in [1.165, 1.54) is 10.1 Å². The van der Waals surface area contributed by atoms with Crippen LogP contribution in [0.2, 0.25) is 0 Å². The minimum Gasteiger partial charge on any atom is -0.379 e. The zero-order valence-corrected chi connectivity index (χ0v) is 17.1. The first kappa shape index (κ1) is 19.2. The van der Waals surface area contributed by atoms with Crippen LogP contribution in [0.25, 0.3) is 28.2 Å². The molecule has 1 aromatic carbocycles. The highest BCUT2D eigenvalue weighted by Crippen LogP contribution is 2.26. The van der Waals surface area contributed by atoms with Crippen LogP contribution in [0.4, 0.5) is 0 Å². The highest BCUT2D eigenvalue weighted by atomic mass is 16.5. The minimum atomic E-state index is -0.473. The van der Waals surface area contributed by atoms with E-state index in [1.54, 1.807) is 11.4 Å². The summed E-state index contributed by atoms with van der Waals surface area (Å²) >= 11 is 0. The molecule has 0 aliphatic rings. The highest BCUT2D eigenvalue weighted by molar-refractivity contribution is 5.78. The molecule has 0 saturated heterocycles. The van der Waals surface area contributed by atoms with Gasteiger partial charge in [-0.3, -0.25) is 18.7 Å². The van der Waals surface area contributed by atoms with E-state index in [2.05, 4.69) is 38.8 Å². The minimum absolute atomic E-state index is 0.179. The number of nitrogens with one attached hydrogen (secondary N) is 1. The fourth-order valence-electron chi connectivity index (χ4n) is 3.52. The number of benzene rings is 1. The van der Waals surface area contributed by atoms with Gasteiger partial charge in [0.2, 0.25) is 5.78 Å². The quantitative estimate of drug-likeness (QED) is 0.508. The molecule has 0 unspecified atom stereocenters. The molecule has 4 rings (SSSR count). The second kappa shape index (κ2) is 7.36. The molecule has 0 amide bonds. The Balaban J connectivity index is 1.90. The van der Waals surface area contributed by atoms with Crippen molar-refractivity contribution in [2.45, 2.75) is 39.8 Å². The van der Waals surface area contributed by atoms with Gasteiger partial charge in [-0.2, -0.15) is 4.98 Å². The second-order valence-electron chi connectivity index (χ2n) is 7.58. The lowest BCUT2D eigenvalue weighted by Gasteiger charge is -2.11. The Hall–Kier alpha value is -3.13. The number of aromatic nitrogens is 5. The van der Waals surface area contributed by atoms with Gasteiger partial charge in [0, 0.05) is 26.4 Å². The first-order valence-electron chi connectivity index (χ1n) is 9.76. The van der Waals surface area contributed by atoms with Crippen LogP contribution < -0.4 is 11.2 Å². The van der Waals surface area contributed by atoms with Crippen molar-refractivity contribution in [3.8, 4) is 11.3 Å². The summed E-state index contributed by atoms with van der Waals surface area (Å²) in [7, 11) is 1.61. The zero-order chi connectivity index (χ0) is 20.7. The Labute approximate surface area is 167 Å². The summed E-state index contributed by atoms with van der Waals surface area (Å²) in [6.45, 7) is 7.39. The maximum Gasteiger partial charge on any atom is 0.329 e. The Bertz CT molecular complexity index is 1290. The van der Waals surface area contributed by atoms with Gasteiger partial charge >= 0.3 is 5.69 Å². The summed E-state index contributed by atoms with van der Waals surface area (Å²) in [4.78, 5) is 31.5. The summed E-state index contributed by atoms with van der Waals surface area (Å²) in [6, 6.07) is 8.25. The van der Waals surface area contributed by atoms with Gasteiger partial charge in [0.25, 0.3) is 5.56 Å². The molecule has 0 aliphatic carbocycles. The first-order valence-corrected chi connectivity index (χ1v) is 9.76. The molecule has 152 valence electrons. The number of ether oxygens (including phenoxy) is 1. The van der Waals surface area contributed by atoms with Crippen molar-refractivity contribution in [1.29, 1.82) is 0 Å². The molecule has 0 fully saturated rings. The predicted octanol–water partition coefficient (Wildman–Crippen LogP) is 2.47. The SMILES string of the molecule is Cc1ccc(-c2cn3c4c(=O)[nH]c(=O)n(C)c4nc3n2CCCOC(C)C)cc1. The largest absolute Gasteiger partial charge is 0.379 e. The third-order valence-corrected chi connectivity index (χ3v) is 5.04. The van der Waals surface area contributed by atoms with E-state index in [9.17, 15) is 9.59 Å². The van der Waals surface area contributed by atoms with Crippen LogP contribution in [0.5, 0.6) is 0 Å². The van der Waals surface area contributed by atoms with Crippen molar-refractivity contribution in [1.82, 2.24) is 23.5 Å². The smallest absolute Gasteiger partial charge is 0.329 e. The molecule has 3 heterocycles. The van der Waals surface area contributed by atoms with E-state index in [0.29, 0.717) is 30.1 Å². The Kier molecular flexibility index (Phi) is 4.87. The molecule has 0 spiro atoms. The average Bonchev–Trinajstić information content (AvgIpc) is 3.21. The number of hydrogen-bond acceptors (Lipinski definition) is 4. The number of H-pyrrole nitrogens is 1. The Morgan fingerprint density at radius 3 is 2.59 bits per heavy atom. The third-order valence-electron chi connectivity index (χ3n) is 5.04. The second-order valence-corrected chi connectivity index (χ2v) is 7.58. The van der Waals surface area contributed by atoms with E-state index in [0.717, 1.165) is 17.7 Å². The number of rotatable bonds is 6. The number of imidazole rings is 2. The van der Waals surface area contributed by atoms with E-state index < -0.39 is 11.2 Å². The van der Waals surface area contributed by atoms with Crippen LogP contribution in [0, 0.1) is 6.92 Å². The van der Waals surface area contributed by atoms with Gasteiger partial charge in [-0.25, -0.2) is 4.79 Å². The highest BCUT2D eigenvalue weighted by Gasteiger charge is 2.19. The van der Waals surface area contributed by atoms with E-state index in [-0.39, 0.29) is 6.10 Å². The van der Waals surface area contributed by atoms with Crippen LogP contribution in [0.15, 0.2) is 40.1 Å². The summed E-state index contributed by atoms with van der Waals surface area (Å²) in [5, 5.41) is 0. The Morgan fingerprint density at radius 1 is 1.17 bits per heavy atom. The van der Waals surface area contributed by atoms with Crippen LogP contribution in [-0.4, -0.2) is 36.2 Å². The fourth-order valence-corrected chi connectivity index (χ4v) is 3.52. The molecule has 1 N–H and O–H groups in total. The molecule has 0 atom stereocenters. The van der Waals surface area contributed by atoms with Gasteiger partial charge in [-0.1, -0.05) is 29.8 Å². The fraction of sp³-hybridized carbons (Fsp3) is 0.381. The summed E-state index contributed by atoms with van der Waals surface area (Å²) < 4.78 is 10.9. The normalized spacial score (nSPS) is 11.9. The van der Waals surface area contributed by atoms with Crippen LogP contribution in [0.3, 0.4) is 0 Å². The molecule has 29 heavy (non-hydrogen) atoms. The van der Waals surface area contributed by atoms with E-state index in [4.69, 9.17) is 4.74 Å². The lowest BCUT2D eigenvalue weighted by Crippen LogP contribution is -2.28. The standard InChI is InChI=1S/C21H25N5O3/c1-13(2)29-11-5-10-25-16(15-8-6-14(3)7-9-15)12-26-17-18(22-20(25)26)24(4)21(28)23-19(17)27/h6-9,12-13H,5,10-11H2,1-4H3,(H,23,27,28). The number of fused-ring (bicyclic) bond motifs is 3. The van der Waals surface area contributed by atoms with Gasteiger partial charge in [0.1, 0.15) is 0 Å². The number of aryl methyl sites for hydroxylation is 3. The molecule has 3 aromatic heterocycles.